The molecule has 0 aliphatic carbocycles. The van der Waals surface area contributed by atoms with Gasteiger partial charge in [-0.25, -0.2) is 22.0 Å². The largest absolute Gasteiger partial charge is 0.480 e. The Morgan fingerprint density at radius 2 is 1.96 bits per heavy atom. The Morgan fingerprint density at radius 3 is 2.57 bits per heavy atom. The van der Waals surface area contributed by atoms with E-state index in [4.69, 9.17) is 9.84 Å². The number of halogens is 2. The molecule has 1 aliphatic heterocycles. The van der Waals surface area contributed by atoms with Crippen LogP contribution in [0, 0.1) is 17.6 Å². The molecule has 1 heterocycles. The van der Waals surface area contributed by atoms with Gasteiger partial charge >= 0.3 is 5.97 Å². The number of nitrogens with zero attached hydrogens (tertiary/aromatic N) is 1. The monoisotopic (exact) mass is 349 g/mol. The van der Waals surface area contributed by atoms with Gasteiger partial charge in [0.05, 0.1) is 6.61 Å². The number of sulfonamides is 1. The zero-order chi connectivity index (χ0) is 17.0. The molecule has 0 aromatic heterocycles. The highest BCUT2D eigenvalue weighted by Crippen LogP contribution is 2.26. The number of benzene rings is 1. The van der Waals surface area contributed by atoms with Crippen LogP contribution in [0.1, 0.15) is 12.8 Å². The van der Waals surface area contributed by atoms with Gasteiger partial charge in [0.15, 0.2) is 11.6 Å². The molecule has 1 aliphatic rings. The summed E-state index contributed by atoms with van der Waals surface area (Å²) < 4.78 is 57.8. The molecule has 6 nitrogen and oxygen atoms in total. The first-order valence-electron chi connectivity index (χ1n) is 7.06. The van der Waals surface area contributed by atoms with Gasteiger partial charge in [0.25, 0.3) is 0 Å². The first kappa shape index (κ1) is 17.8. The quantitative estimate of drug-likeness (QED) is 0.841. The topological polar surface area (TPSA) is 83.9 Å². The van der Waals surface area contributed by atoms with Crippen molar-refractivity contribution in [3.05, 3.63) is 29.8 Å². The molecule has 9 heteroatoms. The molecule has 1 aromatic carbocycles. The minimum atomic E-state index is -4.09. The van der Waals surface area contributed by atoms with E-state index >= 15 is 0 Å². The number of piperidine rings is 1. The third-order valence-corrected chi connectivity index (χ3v) is 5.60. The van der Waals surface area contributed by atoms with Crippen LogP contribution in [0.25, 0.3) is 0 Å². The molecule has 0 unspecified atom stereocenters. The molecule has 2 rings (SSSR count). The number of hydrogen-bond donors (Lipinski definition) is 1. The maximum absolute atomic E-state index is 13.7. The maximum atomic E-state index is 13.7. The summed E-state index contributed by atoms with van der Waals surface area (Å²) in [4.78, 5) is 9.69. The highest BCUT2D eigenvalue weighted by Gasteiger charge is 2.32. The summed E-state index contributed by atoms with van der Waals surface area (Å²) in [5.41, 5.74) is 0. The highest BCUT2D eigenvalue weighted by molar-refractivity contribution is 7.89. The van der Waals surface area contributed by atoms with Crippen molar-refractivity contribution in [3.8, 4) is 0 Å². The Balaban J connectivity index is 1.99. The van der Waals surface area contributed by atoms with Crippen LogP contribution < -0.4 is 0 Å². The average molecular weight is 349 g/mol. The average Bonchev–Trinajstić information content (AvgIpc) is 2.50. The number of hydrogen-bond acceptors (Lipinski definition) is 4. The molecule has 1 saturated heterocycles. The molecule has 23 heavy (non-hydrogen) atoms. The van der Waals surface area contributed by atoms with Gasteiger partial charge in [0, 0.05) is 13.1 Å². The first-order valence-corrected chi connectivity index (χ1v) is 8.50. The fourth-order valence-corrected chi connectivity index (χ4v) is 4.00. The van der Waals surface area contributed by atoms with Gasteiger partial charge < -0.3 is 9.84 Å². The van der Waals surface area contributed by atoms with Crippen molar-refractivity contribution in [1.29, 1.82) is 0 Å². The highest BCUT2D eigenvalue weighted by atomic mass is 32.2. The zero-order valence-electron chi connectivity index (χ0n) is 12.2. The van der Waals surface area contributed by atoms with E-state index in [0.29, 0.717) is 12.8 Å². The van der Waals surface area contributed by atoms with E-state index in [-0.39, 0.29) is 25.6 Å². The Hall–Kier alpha value is -1.58. The Morgan fingerprint density at radius 1 is 1.30 bits per heavy atom. The molecular formula is C14H17F2NO5S. The van der Waals surface area contributed by atoms with Gasteiger partial charge in [0.1, 0.15) is 11.5 Å². The lowest BCUT2D eigenvalue weighted by Crippen LogP contribution is -2.39. The fraction of sp³-hybridized carbons (Fsp3) is 0.500. The molecule has 1 fully saturated rings. The lowest BCUT2D eigenvalue weighted by molar-refractivity contribution is -0.142. The number of carbonyl (C=O) groups is 1. The molecule has 1 N–H and O–H groups in total. The van der Waals surface area contributed by atoms with Crippen LogP contribution in [0.5, 0.6) is 0 Å². The van der Waals surface area contributed by atoms with Gasteiger partial charge in [-0.15, -0.1) is 0 Å². The van der Waals surface area contributed by atoms with Crippen LogP contribution in [-0.4, -0.2) is 50.1 Å². The summed E-state index contributed by atoms with van der Waals surface area (Å²) in [6.07, 6.45) is 0.936. The van der Waals surface area contributed by atoms with Crippen LogP contribution in [0.3, 0.4) is 0 Å². The minimum absolute atomic E-state index is 0.0400. The van der Waals surface area contributed by atoms with Gasteiger partial charge in [-0.05, 0) is 30.9 Å². The molecule has 0 bridgehead atoms. The van der Waals surface area contributed by atoms with E-state index in [0.717, 1.165) is 22.5 Å². The predicted molar refractivity (Wildman–Crippen MR) is 76.3 cm³/mol. The molecule has 0 amide bonds. The molecule has 0 radical (unpaired) electrons. The predicted octanol–water partition coefficient (Wildman–Crippen LogP) is 1.47. The summed E-state index contributed by atoms with van der Waals surface area (Å²) in [6, 6.07) is 3.05. The van der Waals surface area contributed by atoms with Crippen LogP contribution in [-0.2, 0) is 19.6 Å². The van der Waals surface area contributed by atoms with E-state index in [1.807, 2.05) is 0 Å². The van der Waals surface area contributed by atoms with E-state index in [1.54, 1.807) is 0 Å². The normalized spacial score (nSPS) is 17.3. The van der Waals surface area contributed by atoms with Crippen LogP contribution in [0.2, 0.25) is 0 Å². The molecule has 0 saturated carbocycles. The number of ether oxygens (including phenoxy) is 1. The van der Waals surface area contributed by atoms with E-state index in [2.05, 4.69) is 0 Å². The van der Waals surface area contributed by atoms with Gasteiger partial charge in [-0.3, -0.25) is 0 Å². The SMILES string of the molecule is O=C(O)COCC1CCN(S(=O)(=O)c2cccc(F)c2F)CC1. The Kier molecular flexibility index (Phi) is 5.66. The fourth-order valence-electron chi connectivity index (χ4n) is 2.45. The summed E-state index contributed by atoms with van der Waals surface area (Å²) in [7, 11) is -4.09. The van der Waals surface area contributed by atoms with Crippen molar-refractivity contribution < 1.29 is 31.8 Å². The molecule has 0 atom stereocenters. The van der Waals surface area contributed by atoms with Gasteiger partial charge in [-0.2, -0.15) is 4.31 Å². The molecule has 1 aromatic rings. The smallest absolute Gasteiger partial charge is 0.329 e. The zero-order valence-corrected chi connectivity index (χ0v) is 13.1. The third kappa shape index (κ3) is 4.24. The van der Waals surface area contributed by atoms with Crippen molar-refractivity contribution >= 4 is 16.0 Å². The second-order valence-electron chi connectivity index (χ2n) is 5.31. The Labute approximate surface area is 132 Å². The van der Waals surface area contributed by atoms with E-state index in [1.165, 1.54) is 0 Å². The Bertz CT molecular complexity index is 672. The first-order chi connectivity index (χ1) is 10.8. The van der Waals surface area contributed by atoms with Crippen molar-refractivity contribution in [2.24, 2.45) is 5.92 Å². The summed E-state index contributed by atoms with van der Waals surface area (Å²) in [5.74, 6) is -3.60. The van der Waals surface area contributed by atoms with Crippen LogP contribution in [0.15, 0.2) is 23.1 Å². The standard InChI is InChI=1S/C14H17F2NO5S/c15-11-2-1-3-12(14(11)16)23(20,21)17-6-4-10(5-7-17)8-22-9-13(18)19/h1-3,10H,4-9H2,(H,18,19). The van der Waals surface area contributed by atoms with Gasteiger partial charge in [0.2, 0.25) is 10.0 Å². The maximum Gasteiger partial charge on any atom is 0.329 e. The van der Waals surface area contributed by atoms with Crippen LogP contribution >= 0.6 is 0 Å². The van der Waals surface area contributed by atoms with Crippen LogP contribution in [0.4, 0.5) is 8.78 Å². The number of aliphatic carboxylic acids is 1. The lowest BCUT2D eigenvalue weighted by Gasteiger charge is -2.31. The molecule has 128 valence electrons. The van der Waals surface area contributed by atoms with Gasteiger partial charge in [-0.1, -0.05) is 6.07 Å². The lowest BCUT2D eigenvalue weighted by atomic mass is 9.99. The molecular weight excluding hydrogens is 332 g/mol. The van der Waals surface area contributed by atoms with Crippen molar-refractivity contribution in [1.82, 2.24) is 4.31 Å². The number of carboxylic acid groups (broad SMARTS) is 1. The summed E-state index contributed by atoms with van der Waals surface area (Å²) in [6.45, 7) is 0.139. The summed E-state index contributed by atoms with van der Waals surface area (Å²) in [5, 5.41) is 8.49. The number of carboxylic acids is 1. The number of rotatable bonds is 6. The van der Waals surface area contributed by atoms with E-state index in [9.17, 15) is 22.0 Å². The summed E-state index contributed by atoms with van der Waals surface area (Å²) >= 11 is 0. The van der Waals surface area contributed by atoms with Crippen molar-refractivity contribution in [3.63, 3.8) is 0 Å². The second-order valence-corrected chi connectivity index (χ2v) is 7.21. The second kappa shape index (κ2) is 7.33. The minimum Gasteiger partial charge on any atom is -0.480 e. The van der Waals surface area contributed by atoms with E-state index < -0.39 is 39.1 Å². The van der Waals surface area contributed by atoms with Crippen molar-refractivity contribution in [2.75, 3.05) is 26.3 Å². The third-order valence-electron chi connectivity index (χ3n) is 3.69. The molecule has 0 spiro atoms. The van der Waals surface area contributed by atoms with Crippen molar-refractivity contribution in [2.45, 2.75) is 17.7 Å².